The second-order valence-corrected chi connectivity index (χ2v) is 8.66. The van der Waals surface area contributed by atoms with Crippen LogP contribution in [0.3, 0.4) is 0 Å². The van der Waals surface area contributed by atoms with Gasteiger partial charge in [-0.1, -0.05) is 0 Å². The molecular formula is C17H25N3O6S. The van der Waals surface area contributed by atoms with E-state index in [1.54, 1.807) is 4.90 Å². The van der Waals surface area contributed by atoms with Crippen LogP contribution in [0.5, 0.6) is 0 Å². The number of methoxy groups -OCH3 is 1. The largest absolute Gasteiger partial charge is 0.465 e. The molecular weight excluding hydrogens is 374 g/mol. The highest BCUT2D eigenvalue weighted by Crippen LogP contribution is 2.30. The predicted octanol–water partition coefficient (Wildman–Crippen LogP) is 0.268. The number of aryl methyl sites for hydroxylation is 2. The monoisotopic (exact) mass is 399 g/mol. The van der Waals surface area contributed by atoms with Gasteiger partial charge in [0.15, 0.2) is 0 Å². The van der Waals surface area contributed by atoms with E-state index in [1.807, 2.05) is 0 Å². The zero-order valence-electron chi connectivity index (χ0n) is 15.8. The van der Waals surface area contributed by atoms with Gasteiger partial charge >= 0.3 is 5.97 Å². The molecule has 2 fully saturated rings. The molecule has 0 radical (unpaired) electrons. The van der Waals surface area contributed by atoms with E-state index in [1.165, 1.54) is 25.3 Å². The van der Waals surface area contributed by atoms with Crippen LogP contribution in [0.1, 0.15) is 34.7 Å². The standard InChI is InChI=1S/C17H25N3O6S/c1-11-14(17(22)25-3)15(12(2)26-11)27(23,24)20-9-7-19(8-10-20)16(21)13-5-4-6-18-13/h13,18H,4-10H2,1-3H3. The minimum atomic E-state index is -3.94. The van der Waals surface area contributed by atoms with Crippen molar-refractivity contribution in [2.75, 3.05) is 39.8 Å². The van der Waals surface area contributed by atoms with E-state index in [2.05, 4.69) is 5.32 Å². The number of esters is 1. The van der Waals surface area contributed by atoms with Gasteiger partial charge in [0.2, 0.25) is 15.9 Å². The summed E-state index contributed by atoms with van der Waals surface area (Å²) >= 11 is 0. The third-order valence-electron chi connectivity index (χ3n) is 5.10. The molecule has 1 N–H and O–H groups in total. The molecule has 0 aliphatic carbocycles. The number of ether oxygens (including phenoxy) is 1. The van der Waals surface area contributed by atoms with E-state index in [0.29, 0.717) is 13.1 Å². The normalized spacial score (nSPS) is 21.4. The minimum Gasteiger partial charge on any atom is -0.465 e. The van der Waals surface area contributed by atoms with Crippen LogP contribution in [0.2, 0.25) is 0 Å². The Kier molecular flexibility index (Phi) is 5.59. The van der Waals surface area contributed by atoms with E-state index in [-0.39, 0.29) is 47.0 Å². The Balaban J connectivity index is 1.78. The maximum absolute atomic E-state index is 13.1. The Morgan fingerprint density at radius 3 is 2.37 bits per heavy atom. The predicted molar refractivity (Wildman–Crippen MR) is 95.9 cm³/mol. The number of piperazine rings is 1. The average molecular weight is 399 g/mol. The van der Waals surface area contributed by atoms with Crippen LogP contribution in [0, 0.1) is 13.8 Å². The lowest BCUT2D eigenvalue weighted by molar-refractivity contribution is -0.134. The SMILES string of the molecule is COC(=O)c1c(C)oc(C)c1S(=O)(=O)N1CCN(C(=O)C2CCCN2)CC1. The van der Waals surface area contributed by atoms with Crippen molar-refractivity contribution < 1.29 is 27.2 Å². The number of nitrogens with zero attached hydrogens (tertiary/aromatic N) is 2. The molecule has 150 valence electrons. The van der Waals surface area contributed by atoms with Crippen LogP contribution in [-0.2, 0) is 19.6 Å². The maximum atomic E-state index is 13.1. The summed E-state index contributed by atoms with van der Waals surface area (Å²) in [5.74, 6) is -0.361. The van der Waals surface area contributed by atoms with Crippen molar-refractivity contribution in [3.05, 3.63) is 17.1 Å². The van der Waals surface area contributed by atoms with Crippen LogP contribution in [0.25, 0.3) is 0 Å². The number of nitrogens with one attached hydrogen (secondary N) is 1. The van der Waals surface area contributed by atoms with Gasteiger partial charge in [0.1, 0.15) is 22.0 Å². The summed E-state index contributed by atoms with van der Waals surface area (Å²) < 4.78 is 37.7. The molecule has 1 unspecified atom stereocenters. The molecule has 0 aromatic carbocycles. The highest BCUT2D eigenvalue weighted by molar-refractivity contribution is 7.89. The van der Waals surface area contributed by atoms with Crippen molar-refractivity contribution in [1.82, 2.24) is 14.5 Å². The molecule has 9 nitrogen and oxygen atoms in total. The third kappa shape index (κ3) is 3.61. The molecule has 1 amide bonds. The summed E-state index contributed by atoms with van der Waals surface area (Å²) in [6, 6.07) is -0.169. The molecule has 3 heterocycles. The van der Waals surface area contributed by atoms with Gasteiger partial charge in [-0.2, -0.15) is 4.31 Å². The maximum Gasteiger partial charge on any atom is 0.342 e. The minimum absolute atomic E-state index is 0.0233. The fraction of sp³-hybridized carbons (Fsp3) is 0.647. The van der Waals surface area contributed by atoms with Crippen molar-refractivity contribution in [2.24, 2.45) is 0 Å². The number of hydrogen-bond donors (Lipinski definition) is 1. The quantitative estimate of drug-likeness (QED) is 0.724. The summed E-state index contributed by atoms with van der Waals surface area (Å²) in [6.45, 7) is 4.86. The van der Waals surface area contributed by atoms with Gasteiger partial charge in [0.05, 0.1) is 13.2 Å². The molecule has 2 saturated heterocycles. The Morgan fingerprint density at radius 1 is 1.15 bits per heavy atom. The fourth-order valence-electron chi connectivity index (χ4n) is 3.71. The summed E-state index contributed by atoms with van der Waals surface area (Å²) in [6.07, 6.45) is 1.79. The van der Waals surface area contributed by atoms with Gasteiger partial charge in [-0.05, 0) is 33.2 Å². The Bertz CT molecular complexity index is 833. The van der Waals surface area contributed by atoms with Crippen molar-refractivity contribution in [3.8, 4) is 0 Å². The number of rotatable bonds is 4. The van der Waals surface area contributed by atoms with Gasteiger partial charge in [0.25, 0.3) is 0 Å². The Labute approximate surface area is 158 Å². The zero-order chi connectivity index (χ0) is 19.8. The summed E-state index contributed by atoms with van der Waals surface area (Å²) in [7, 11) is -2.74. The molecule has 2 aliphatic rings. The molecule has 3 rings (SSSR count). The van der Waals surface area contributed by atoms with E-state index < -0.39 is 16.0 Å². The molecule has 2 aliphatic heterocycles. The second-order valence-electron chi connectivity index (χ2n) is 6.79. The van der Waals surface area contributed by atoms with Crippen molar-refractivity contribution in [1.29, 1.82) is 0 Å². The van der Waals surface area contributed by atoms with E-state index in [9.17, 15) is 18.0 Å². The van der Waals surface area contributed by atoms with Gasteiger partial charge in [-0.3, -0.25) is 4.79 Å². The molecule has 0 spiro atoms. The van der Waals surface area contributed by atoms with Crippen LogP contribution in [-0.4, -0.2) is 75.4 Å². The van der Waals surface area contributed by atoms with Gasteiger partial charge in [-0.15, -0.1) is 0 Å². The molecule has 1 aromatic rings. The third-order valence-corrected chi connectivity index (χ3v) is 7.15. The lowest BCUT2D eigenvalue weighted by Crippen LogP contribution is -2.54. The van der Waals surface area contributed by atoms with E-state index in [0.717, 1.165) is 19.4 Å². The first-order valence-electron chi connectivity index (χ1n) is 8.98. The highest BCUT2D eigenvalue weighted by Gasteiger charge is 2.38. The number of carbonyl (C=O) groups is 2. The number of carbonyl (C=O) groups excluding carboxylic acids is 2. The second kappa shape index (κ2) is 7.61. The summed E-state index contributed by atoms with van der Waals surface area (Å²) in [4.78, 5) is 26.1. The zero-order valence-corrected chi connectivity index (χ0v) is 16.6. The van der Waals surface area contributed by atoms with Crippen molar-refractivity contribution in [3.63, 3.8) is 0 Å². The number of hydrogen-bond acceptors (Lipinski definition) is 7. The highest BCUT2D eigenvalue weighted by atomic mass is 32.2. The number of furan rings is 1. The first-order chi connectivity index (χ1) is 12.8. The van der Waals surface area contributed by atoms with Crippen LogP contribution < -0.4 is 5.32 Å². The van der Waals surface area contributed by atoms with E-state index in [4.69, 9.17) is 9.15 Å². The lowest BCUT2D eigenvalue weighted by atomic mass is 10.2. The molecule has 0 saturated carbocycles. The van der Waals surface area contributed by atoms with Crippen LogP contribution in [0.15, 0.2) is 9.31 Å². The Hall–Kier alpha value is -1.91. The molecule has 27 heavy (non-hydrogen) atoms. The smallest absolute Gasteiger partial charge is 0.342 e. The van der Waals surface area contributed by atoms with Crippen molar-refractivity contribution in [2.45, 2.75) is 37.6 Å². The summed E-state index contributed by atoms with van der Waals surface area (Å²) in [5, 5.41) is 3.17. The first-order valence-corrected chi connectivity index (χ1v) is 10.4. The Morgan fingerprint density at radius 2 is 1.81 bits per heavy atom. The number of sulfonamides is 1. The fourth-order valence-corrected chi connectivity index (χ4v) is 5.50. The van der Waals surface area contributed by atoms with Crippen LogP contribution in [0.4, 0.5) is 0 Å². The first kappa shape index (κ1) is 19.8. The number of amides is 1. The average Bonchev–Trinajstić information content (AvgIpc) is 3.28. The van der Waals surface area contributed by atoms with Gasteiger partial charge < -0.3 is 19.4 Å². The molecule has 10 heteroatoms. The topological polar surface area (TPSA) is 109 Å². The summed E-state index contributed by atoms with van der Waals surface area (Å²) in [5.41, 5.74) is -0.0661. The molecule has 0 bridgehead atoms. The van der Waals surface area contributed by atoms with E-state index >= 15 is 0 Å². The van der Waals surface area contributed by atoms with Gasteiger partial charge in [0, 0.05) is 26.2 Å². The molecule has 1 atom stereocenters. The lowest BCUT2D eigenvalue weighted by Gasteiger charge is -2.35. The molecule has 1 aromatic heterocycles. The van der Waals surface area contributed by atoms with Crippen LogP contribution >= 0.6 is 0 Å². The van der Waals surface area contributed by atoms with Crippen molar-refractivity contribution >= 4 is 21.9 Å². The van der Waals surface area contributed by atoms with Gasteiger partial charge in [-0.25, -0.2) is 13.2 Å².